The molecule has 0 saturated carbocycles. The number of amides is 1. The van der Waals surface area contributed by atoms with Crippen molar-refractivity contribution in [3.63, 3.8) is 0 Å². The minimum atomic E-state index is -0.593. The molecule has 1 amide bonds. The van der Waals surface area contributed by atoms with Crippen molar-refractivity contribution in [2.24, 2.45) is 5.10 Å². The molecule has 1 aliphatic rings. The number of allylic oxidation sites excluding steroid dienone is 1. The molecule has 178 valence electrons. The minimum Gasteiger partial charge on any atom is -0.483 e. The van der Waals surface area contributed by atoms with E-state index in [1.54, 1.807) is 38.3 Å². The maximum absolute atomic E-state index is 12.6. The number of hydrogen-bond donors (Lipinski definition) is 3. The fourth-order valence-electron chi connectivity index (χ4n) is 3.30. The highest BCUT2D eigenvalue weighted by atomic mass is 79.9. The molecule has 0 unspecified atom stereocenters. The molecule has 1 atom stereocenters. The highest BCUT2D eigenvalue weighted by Gasteiger charge is 2.32. The molecule has 1 heterocycles. The van der Waals surface area contributed by atoms with Gasteiger partial charge in [0, 0.05) is 15.7 Å². The Bertz CT molecular complexity index is 1170. The second-order valence-electron chi connectivity index (χ2n) is 7.42. The van der Waals surface area contributed by atoms with Gasteiger partial charge in [-0.05, 0) is 56.2 Å². The molecule has 2 aromatic carbocycles. The van der Waals surface area contributed by atoms with Crippen molar-refractivity contribution in [2.75, 3.05) is 13.2 Å². The van der Waals surface area contributed by atoms with Crippen LogP contribution in [-0.4, -0.2) is 36.4 Å². The highest BCUT2D eigenvalue weighted by molar-refractivity contribution is 9.10. The summed E-state index contributed by atoms with van der Waals surface area (Å²) in [5.41, 5.74) is 6.03. The zero-order chi connectivity index (χ0) is 24.7. The molecule has 0 fully saturated rings. The van der Waals surface area contributed by atoms with E-state index in [1.165, 1.54) is 0 Å². The van der Waals surface area contributed by atoms with Crippen LogP contribution in [0.25, 0.3) is 0 Å². The van der Waals surface area contributed by atoms with Crippen LogP contribution in [0.1, 0.15) is 36.6 Å². The number of benzene rings is 2. The molecule has 10 heteroatoms. The molecule has 34 heavy (non-hydrogen) atoms. The molecule has 0 aliphatic carbocycles. The third-order valence-corrected chi connectivity index (χ3v) is 6.03. The molecule has 3 N–H and O–H groups in total. The Morgan fingerprint density at radius 1 is 1.24 bits per heavy atom. The second-order valence-corrected chi connectivity index (χ2v) is 8.68. The van der Waals surface area contributed by atoms with Gasteiger partial charge in [0.2, 0.25) is 0 Å². The van der Waals surface area contributed by atoms with Gasteiger partial charge in [-0.15, -0.1) is 0 Å². The average molecular weight is 545 g/mol. The number of ether oxygens (including phenoxy) is 2. The quantitative estimate of drug-likeness (QED) is 0.202. The van der Waals surface area contributed by atoms with Gasteiger partial charge in [0.25, 0.3) is 5.91 Å². The maximum atomic E-state index is 12.6. The van der Waals surface area contributed by atoms with Crippen LogP contribution in [0.15, 0.2) is 63.3 Å². The van der Waals surface area contributed by atoms with Gasteiger partial charge >= 0.3 is 5.97 Å². The summed E-state index contributed by atoms with van der Waals surface area (Å²) in [6.07, 6.45) is 1.55. The van der Waals surface area contributed by atoms with Crippen molar-refractivity contribution in [2.45, 2.75) is 26.8 Å². The number of hydrogen-bond acceptors (Lipinski definition) is 6. The normalized spacial score (nSPS) is 15.5. The Hall–Kier alpha value is -3.24. The summed E-state index contributed by atoms with van der Waals surface area (Å²) in [6, 6.07) is 12.3. The van der Waals surface area contributed by atoms with E-state index in [0.29, 0.717) is 27.7 Å². The van der Waals surface area contributed by atoms with Crippen molar-refractivity contribution in [1.29, 1.82) is 0 Å². The Kier molecular flexibility index (Phi) is 8.78. The predicted octanol–water partition coefficient (Wildman–Crippen LogP) is 3.64. The number of halogens is 1. The number of nitrogens with one attached hydrogen (secondary N) is 3. The minimum absolute atomic E-state index is 0.241. The summed E-state index contributed by atoms with van der Waals surface area (Å²) < 4.78 is 12.0. The number of rotatable bonds is 8. The van der Waals surface area contributed by atoms with Gasteiger partial charge in [0.15, 0.2) is 11.7 Å². The Balaban J connectivity index is 1.71. The van der Waals surface area contributed by atoms with Gasteiger partial charge in [-0.3, -0.25) is 4.79 Å². The van der Waals surface area contributed by atoms with Gasteiger partial charge in [-0.25, -0.2) is 10.2 Å². The smallest absolute Gasteiger partial charge is 0.338 e. The van der Waals surface area contributed by atoms with Crippen LogP contribution in [0.3, 0.4) is 0 Å². The number of aryl methyl sites for hydroxylation is 1. The fraction of sp³-hybridized carbons (Fsp3) is 0.250. The van der Waals surface area contributed by atoms with Crippen LogP contribution in [0.4, 0.5) is 0 Å². The van der Waals surface area contributed by atoms with E-state index in [4.69, 9.17) is 21.7 Å². The zero-order valence-electron chi connectivity index (χ0n) is 19.0. The van der Waals surface area contributed by atoms with Crippen LogP contribution in [0, 0.1) is 6.92 Å². The summed E-state index contributed by atoms with van der Waals surface area (Å²) in [7, 11) is 0. The van der Waals surface area contributed by atoms with E-state index in [0.717, 1.165) is 15.6 Å². The van der Waals surface area contributed by atoms with Crippen molar-refractivity contribution in [3.8, 4) is 5.75 Å². The molecular weight excluding hydrogens is 520 g/mol. The summed E-state index contributed by atoms with van der Waals surface area (Å²) in [6.45, 7) is 5.46. The molecule has 8 nitrogen and oxygen atoms in total. The monoisotopic (exact) mass is 544 g/mol. The Morgan fingerprint density at radius 3 is 2.74 bits per heavy atom. The van der Waals surface area contributed by atoms with Crippen LogP contribution >= 0.6 is 28.1 Å². The number of carbonyl (C=O) groups excluding carboxylic acids is 2. The molecule has 0 radical (unpaired) electrons. The summed E-state index contributed by atoms with van der Waals surface area (Å²) in [4.78, 5) is 24.9. The van der Waals surface area contributed by atoms with Crippen LogP contribution in [-0.2, 0) is 14.3 Å². The zero-order valence-corrected chi connectivity index (χ0v) is 21.4. The van der Waals surface area contributed by atoms with E-state index < -0.39 is 17.9 Å². The third kappa shape index (κ3) is 6.42. The maximum Gasteiger partial charge on any atom is 0.338 e. The lowest BCUT2D eigenvalue weighted by atomic mass is 9.95. The van der Waals surface area contributed by atoms with E-state index in [-0.39, 0.29) is 13.2 Å². The van der Waals surface area contributed by atoms with Gasteiger partial charge in [-0.1, -0.05) is 46.3 Å². The number of carbonyl (C=O) groups is 2. The standard InChI is InChI=1S/C24H25BrN4O4S/c1-4-32-23(31)21-15(3)27-24(34)28-22(21)17-7-5-6-8-19(17)33-13-20(30)29-26-12-16-10-9-14(2)18(25)11-16/h5-12,22H,4,13H2,1-3H3,(H,29,30)(H2,27,28,34)/t22-/m0/s1. The van der Waals surface area contributed by atoms with Gasteiger partial charge < -0.3 is 20.1 Å². The summed E-state index contributed by atoms with van der Waals surface area (Å²) in [5.74, 6) is -0.457. The van der Waals surface area contributed by atoms with Crippen molar-refractivity contribution in [3.05, 3.63) is 74.9 Å². The first-order chi connectivity index (χ1) is 16.3. The van der Waals surface area contributed by atoms with Gasteiger partial charge in [0.05, 0.1) is 24.4 Å². The molecule has 0 aromatic heterocycles. The predicted molar refractivity (Wildman–Crippen MR) is 137 cm³/mol. The number of thiocarbonyl (C=S) groups is 1. The van der Waals surface area contributed by atoms with E-state index in [2.05, 4.69) is 37.1 Å². The lowest BCUT2D eigenvalue weighted by Gasteiger charge is -2.30. The first kappa shape index (κ1) is 25.4. The summed E-state index contributed by atoms with van der Waals surface area (Å²) in [5, 5.41) is 10.4. The largest absolute Gasteiger partial charge is 0.483 e. The molecule has 0 spiro atoms. The van der Waals surface area contributed by atoms with Crippen LogP contribution in [0.5, 0.6) is 5.75 Å². The highest BCUT2D eigenvalue weighted by Crippen LogP contribution is 2.33. The average Bonchev–Trinajstić information content (AvgIpc) is 2.80. The third-order valence-electron chi connectivity index (χ3n) is 4.95. The van der Waals surface area contributed by atoms with Crippen LogP contribution in [0.2, 0.25) is 0 Å². The van der Waals surface area contributed by atoms with Crippen molar-refractivity contribution >= 4 is 51.4 Å². The Morgan fingerprint density at radius 2 is 2.00 bits per heavy atom. The summed E-state index contributed by atoms with van der Waals surface area (Å²) >= 11 is 8.75. The van der Waals surface area contributed by atoms with Gasteiger partial charge in [0.1, 0.15) is 5.75 Å². The molecular formula is C24H25BrN4O4S. The number of para-hydroxylation sites is 1. The first-order valence-electron chi connectivity index (χ1n) is 10.5. The fourth-order valence-corrected chi connectivity index (χ4v) is 3.97. The van der Waals surface area contributed by atoms with Crippen LogP contribution < -0.4 is 20.8 Å². The number of hydrazone groups is 1. The van der Waals surface area contributed by atoms with E-state index >= 15 is 0 Å². The van der Waals surface area contributed by atoms with E-state index in [1.807, 2.05) is 31.2 Å². The molecule has 0 bridgehead atoms. The number of nitrogens with zero attached hydrogens (tertiary/aromatic N) is 1. The molecule has 0 saturated heterocycles. The topological polar surface area (TPSA) is 101 Å². The number of esters is 1. The molecule has 1 aliphatic heterocycles. The Labute approximate surface area is 211 Å². The lowest BCUT2D eigenvalue weighted by molar-refractivity contribution is -0.139. The van der Waals surface area contributed by atoms with Crippen molar-refractivity contribution < 1.29 is 19.1 Å². The van der Waals surface area contributed by atoms with Gasteiger partial charge in [-0.2, -0.15) is 5.10 Å². The molecule has 3 rings (SSSR count). The SMILES string of the molecule is CCOC(=O)C1=C(C)NC(=S)N[C@H]1c1ccccc1OCC(=O)NN=Cc1ccc(C)c(Br)c1. The molecule has 2 aromatic rings. The van der Waals surface area contributed by atoms with E-state index in [9.17, 15) is 9.59 Å². The lowest BCUT2D eigenvalue weighted by Crippen LogP contribution is -2.45. The van der Waals surface area contributed by atoms with Crippen molar-refractivity contribution in [1.82, 2.24) is 16.1 Å². The first-order valence-corrected chi connectivity index (χ1v) is 11.8. The second kappa shape index (κ2) is 11.8.